The summed E-state index contributed by atoms with van der Waals surface area (Å²) in [7, 11) is -2.74. The molecule has 0 saturated carbocycles. The second-order valence-corrected chi connectivity index (χ2v) is 4.94. The molecule has 0 amide bonds. The Morgan fingerprint density at radius 3 is 2.25 bits per heavy atom. The van der Waals surface area contributed by atoms with Crippen LogP contribution in [0.15, 0.2) is 0 Å². The van der Waals surface area contributed by atoms with Gasteiger partial charge >= 0.3 is 0 Å². The zero-order valence-electron chi connectivity index (χ0n) is 6.99. The van der Waals surface area contributed by atoms with Gasteiger partial charge < -0.3 is 6.15 Å². The van der Waals surface area contributed by atoms with Gasteiger partial charge in [0.1, 0.15) is 0 Å². The minimum Gasteiger partial charge on any atom is -0.344 e. The predicted octanol–water partition coefficient (Wildman–Crippen LogP) is -0.488. The van der Waals surface area contributed by atoms with E-state index in [0.29, 0.717) is 19.6 Å². The lowest BCUT2D eigenvalue weighted by Crippen LogP contribution is -2.40. The zero-order chi connectivity index (χ0) is 8.32. The monoisotopic (exact) mass is 190 g/mol. The molecule has 1 rings (SSSR count). The normalized spacial score (nSPS) is 22.2. The zero-order valence-corrected chi connectivity index (χ0v) is 7.81. The van der Waals surface area contributed by atoms with Crippen LogP contribution in [-0.2, 0) is 9.84 Å². The second-order valence-electron chi connectivity index (χ2n) is 2.63. The smallest absolute Gasteiger partial charge is 0.152 e. The van der Waals surface area contributed by atoms with Gasteiger partial charge in [-0.3, -0.25) is 4.90 Å². The van der Waals surface area contributed by atoms with Crippen molar-refractivity contribution in [1.82, 2.24) is 11.1 Å². The molecule has 12 heavy (non-hydrogen) atoms. The average molecular weight is 190 g/mol. The maximum absolute atomic E-state index is 10.9. The highest BCUT2D eigenvalue weighted by molar-refractivity contribution is 7.91. The Kier molecular flexibility index (Phi) is 4.24. The fraction of sp³-hybridized carbons (Fsp3) is 0.714. The van der Waals surface area contributed by atoms with Gasteiger partial charge in [-0.1, -0.05) is 5.92 Å². The first-order chi connectivity index (χ1) is 5.14. The van der Waals surface area contributed by atoms with Crippen LogP contribution in [0.5, 0.6) is 0 Å². The quantitative estimate of drug-likeness (QED) is 0.566. The van der Waals surface area contributed by atoms with Gasteiger partial charge in [0, 0.05) is 13.1 Å². The van der Waals surface area contributed by atoms with Gasteiger partial charge in [0.2, 0.25) is 0 Å². The first-order valence-corrected chi connectivity index (χ1v) is 5.32. The molecule has 0 unspecified atom stereocenters. The Labute approximate surface area is 73.4 Å². The molecule has 1 fully saturated rings. The molecular formula is C7H14N2O2S. The van der Waals surface area contributed by atoms with Gasteiger partial charge in [-0.05, 0) is 0 Å². The summed E-state index contributed by atoms with van der Waals surface area (Å²) in [6.07, 6.45) is 5.09. The molecule has 0 aromatic carbocycles. The molecule has 0 aromatic heterocycles. The molecule has 0 aromatic rings. The molecule has 0 bridgehead atoms. The van der Waals surface area contributed by atoms with E-state index in [0.717, 1.165) is 0 Å². The highest BCUT2D eigenvalue weighted by atomic mass is 32.2. The van der Waals surface area contributed by atoms with Crippen molar-refractivity contribution in [2.45, 2.75) is 0 Å². The summed E-state index contributed by atoms with van der Waals surface area (Å²) >= 11 is 0. The number of nitrogens with zero attached hydrogens (tertiary/aromatic N) is 1. The lowest BCUT2D eigenvalue weighted by atomic mass is 10.5. The SMILES string of the molecule is C#CCN1CCS(=O)(=O)CC1.N. The molecule has 1 aliphatic rings. The van der Waals surface area contributed by atoms with Gasteiger partial charge in [0.25, 0.3) is 0 Å². The van der Waals surface area contributed by atoms with Crippen molar-refractivity contribution in [2.24, 2.45) is 0 Å². The molecule has 70 valence electrons. The summed E-state index contributed by atoms with van der Waals surface area (Å²) in [5, 5.41) is 0. The Bertz CT molecular complexity index is 252. The molecule has 0 radical (unpaired) electrons. The van der Waals surface area contributed by atoms with Crippen LogP contribution >= 0.6 is 0 Å². The lowest BCUT2D eigenvalue weighted by Gasteiger charge is -2.23. The van der Waals surface area contributed by atoms with Crippen molar-refractivity contribution in [3.8, 4) is 12.3 Å². The molecule has 0 aliphatic carbocycles. The third kappa shape index (κ3) is 3.22. The Hall–Kier alpha value is -0.570. The summed E-state index contributed by atoms with van der Waals surface area (Å²) in [6, 6.07) is 0. The fourth-order valence-corrected chi connectivity index (χ4v) is 2.31. The van der Waals surface area contributed by atoms with Crippen LogP contribution in [0.3, 0.4) is 0 Å². The molecule has 3 N–H and O–H groups in total. The number of rotatable bonds is 1. The summed E-state index contributed by atoms with van der Waals surface area (Å²) in [6.45, 7) is 1.74. The summed E-state index contributed by atoms with van der Waals surface area (Å²) in [4.78, 5) is 1.97. The van der Waals surface area contributed by atoms with E-state index >= 15 is 0 Å². The van der Waals surface area contributed by atoms with Crippen molar-refractivity contribution in [3.05, 3.63) is 0 Å². The summed E-state index contributed by atoms with van der Waals surface area (Å²) < 4.78 is 21.8. The third-order valence-electron chi connectivity index (χ3n) is 1.75. The fourth-order valence-electron chi connectivity index (χ4n) is 1.04. The highest BCUT2D eigenvalue weighted by Gasteiger charge is 2.20. The first kappa shape index (κ1) is 11.4. The van der Waals surface area contributed by atoms with E-state index < -0.39 is 9.84 Å². The summed E-state index contributed by atoms with van der Waals surface area (Å²) in [5.74, 6) is 3.01. The highest BCUT2D eigenvalue weighted by Crippen LogP contribution is 2.01. The second kappa shape index (κ2) is 4.45. The topological polar surface area (TPSA) is 72.4 Å². The first-order valence-electron chi connectivity index (χ1n) is 3.50. The van der Waals surface area contributed by atoms with Gasteiger partial charge in [0.05, 0.1) is 18.1 Å². The number of hydrogen-bond acceptors (Lipinski definition) is 4. The minimum absolute atomic E-state index is 0. The van der Waals surface area contributed by atoms with Crippen molar-refractivity contribution in [1.29, 1.82) is 0 Å². The van der Waals surface area contributed by atoms with Crippen LogP contribution in [0.25, 0.3) is 0 Å². The number of terminal acetylenes is 1. The van der Waals surface area contributed by atoms with Crippen LogP contribution in [-0.4, -0.2) is 44.5 Å². The van der Waals surface area contributed by atoms with Crippen molar-refractivity contribution in [2.75, 3.05) is 31.1 Å². The molecule has 5 heteroatoms. The lowest BCUT2D eigenvalue weighted by molar-refractivity contribution is 0.332. The van der Waals surface area contributed by atoms with Gasteiger partial charge in [0.15, 0.2) is 9.84 Å². The molecule has 1 aliphatic heterocycles. The van der Waals surface area contributed by atoms with E-state index in [4.69, 9.17) is 6.42 Å². The molecule has 0 atom stereocenters. The van der Waals surface area contributed by atoms with Crippen LogP contribution in [0, 0.1) is 12.3 Å². The van der Waals surface area contributed by atoms with Crippen LogP contribution in [0.2, 0.25) is 0 Å². The standard InChI is InChI=1S/C7H11NO2S.H3N/c1-2-3-8-4-6-11(9,10)7-5-8;/h1H,3-7H2;1H3. The van der Waals surface area contributed by atoms with Crippen molar-refractivity contribution >= 4 is 9.84 Å². The van der Waals surface area contributed by atoms with Crippen LogP contribution < -0.4 is 6.15 Å². The van der Waals surface area contributed by atoms with Crippen LogP contribution in [0.4, 0.5) is 0 Å². The summed E-state index contributed by atoms with van der Waals surface area (Å²) in [5.41, 5.74) is 0. The molecule has 0 spiro atoms. The van der Waals surface area contributed by atoms with E-state index in [2.05, 4.69) is 5.92 Å². The number of hydrogen-bond donors (Lipinski definition) is 1. The maximum atomic E-state index is 10.9. The van der Waals surface area contributed by atoms with E-state index in [-0.39, 0.29) is 17.7 Å². The Morgan fingerprint density at radius 1 is 1.33 bits per heavy atom. The van der Waals surface area contributed by atoms with Gasteiger partial charge in [-0.25, -0.2) is 8.42 Å². The van der Waals surface area contributed by atoms with Crippen LogP contribution in [0.1, 0.15) is 0 Å². The van der Waals surface area contributed by atoms with E-state index in [9.17, 15) is 8.42 Å². The molecule has 4 nitrogen and oxygen atoms in total. The largest absolute Gasteiger partial charge is 0.344 e. The predicted molar refractivity (Wildman–Crippen MR) is 48.9 cm³/mol. The van der Waals surface area contributed by atoms with E-state index in [1.807, 2.05) is 4.90 Å². The van der Waals surface area contributed by atoms with Crippen molar-refractivity contribution in [3.63, 3.8) is 0 Å². The Morgan fingerprint density at radius 2 is 1.83 bits per heavy atom. The molecule has 1 heterocycles. The minimum atomic E-state index is -2.74. The third-order valence-corrected chi connectivity index (χ3v) is 3.36. The van der Waals surface area contributed by atoms with E-state index in [1.54, 1.807) is 0 Å². The molecule has 1 saturated heterocycles. The van der Waals surface area contributed by atoms with Gasteiger partial charge in [-0.2, -0.15) is 0 Å². The Balaban J connectivity index is 0.00000121. The van der Waals surface area contributed by atoms with E-state index in [1.165, 1.54) is 0 Å². The molecular weight excluding hydrogens is 176 g/mol. The van der Waals surface area contributed by atoms with Crippen molar-refractivity contribution < 1.29 is 8.42 Å². The van der Waals surface area contributed by atoms with Gasteiger partial charge in [-0.15, -0.1) is 6.42 Å². The maximum Gasteiger partial charge on any atom is 0.152 e. The average Bonchev–Trinajstić information content (AvgIpc) is 1.94. The number of sulfone groups is 1.